The molecule has 2 unspecified atom stereocenters. The van der Waals surface area contributed by atoms with Gasteiger partial charge in [0.2, 0.25) is 0 Å². The van der Waals surface area contributed by atoms with Crippen LogP contribution in [-0.2, 0) is 27.2 Å². The van der Waals surface area contributed by atoms with Crippen LogP contribution in [0.3, 0.4) is 0 Å². The highest BCUT2D eigenvalue weighted by atomic mass is 16.6. The van der Waals surface area contributed by atoms with Crippen molar-refractivity contribution in [1.82, 2.24) is 14.7 Å². The van der Waals surface area contributed by atoms with E-state index < -0.39 is 5.60 Å². The average Bonchev–Trinajstić information content (AvgIpc) is 2.99. The molecule has 1 fully saturated rings. The lowest BCUT2D eigenvalue weighted by atomic mass is 10.0. The molecule has 3 heterocycles. The molecule has 1 aromatic heterocycles. The lowest BCUT2D eigenvalue weighted by Crippen LogP contribution is -2.44. The quantitative estimate of drug-likeness (QED) is 0.793. The maximum absolute atomic E-state index is 12.6. The third kappa shape index (κ3) is 3.12. The van der Waals surface area contributed by atoms with E-state index in [0.717, 1.165) is 24.1 Å². The Morgan fingerprint density at radius 2 is 2.08 bits per heavy atom. The summed E-state index contributed by atoms with van der Waals surface area (Å²) in [4.78, 5) is 26.1. The Kier molecular flexibility index (Phi) is 4.27. The molecule has 7 nitrogen and oxygen atoms in total. The summed E-state index contributed by atoms with van der Waals surface area (Å²) in [6.45, 7) is 7.89. The molecule has 0 N–H and O–H groups in total. The van der Waals surface area contributed by atoms with Gasteiger partial charge >= 0.3 is 12.1 Å². The van der Waals surface area contributed by atoms with Crippen LogP contribution in [0.5, 0.6) is 0 Å². The molecule has 1 amide bonds. The number of carbonyl (C=O) groups is 2. The second-order valence-electron chi connectivity index (χ2n) is 7.35. The highest BCUT2D eigenvalue weighted by molar-refractivity contribution is 5.71. The molecule has 3 rings (SSSR count). The van der Waals surface area contributed by atoms with Crippen molar-refractivity contribution in [2.45, 2.75) is 71.2 Å². The van der Waals surface area contributed by atoms with Gasteiger partial charge in [-0.1, -0.05) is 0 Å². The van der Waals surface area contributed by atoms with Gasteiger partial charge in [0.1, 0.15) is 12.1 Å². The first-order valence-corrected chi connectivity index (χ1v) is 8.51. The molecule has 132 valence electrons. The summed E-state index contributed by atoms with van der Waals surface area (Å²) in [5.41, 5.74) is 1.56. The number of carbonyl (C=O) groups excluding carboxylic acids is 2. The van der Waals surface area contributed by atoms with Crippen molar-refractivity contribution in [2.24, 2.45) is 0 Å². The van der Waals surface area contributed by atoms with E-state index in [1.807, 2.05) is 25.7 Å². The number of nitrogens with zero attached hydrogens (tertiary/aromatic N) is 3. The summed E-state index contributed by atoms with van der Waals surface area (Å²) in [7, 11) is 0. The first-order chi connectivity index (χ1) is 11.3. The van der Waals surface area contributed by atoms with Gasteiger partial charge in [-0.2, -0.15) is 5.10 Å². The Morgan fingerprint density at radius 3 is 2.75 bits per heavy atom. The van der Waals surface area contributed by atoms with E-state index >= 15 is 0 Å². The second-order valence-corrected chi connectivity index (χ2v) is 7.35. The number of rotatable bonds is 3. The zero-order chi connectivity index (χ0) is 17.5. The van der Waals surface area contributed by atoms with Crippen LogP contribution in [-0.4, -0.2) is 45.0 Å². The molecule has 2 bridgehead atoms. The third-order valence-electron chi connectivity index (χ3n) is 4.46. The third-order valence-corrected chi connectivity index (χ3v) is 4.46. The van der Waals surface area contributed by atoms with Gasteiger partial charge in [0.15, 0.2) is 0 Å². The van der Waals surface area contributed by atoms with E-state index in [-0.39, 0.29) is 30.7 Å². The summed E-state index contributed by atoms with van der Waals surface area (Å²) in [6, 6.07) is 0.0968. The smallest absolute Gasteiger partial charge is 0.411 e. The van der Waals surface area contributed by atoms with E-state index in [2.05, 4.69) is 5.10 Å². The maximum Gasteiger partial charge on any atom is 0.411 e. The molecular formula is C17H25N3O4. The highest BCUT2D eigenvalue weighted by Crippen LogP contribution is 2.44. The van der Waals surface area contributed by atoms with Crippen molar-refractivity contribution in [1.29, 1.82) is 0 Å². The van der Waals surface area contributed by atoms with Crippen molar-refractivity contribution in [3.05, 3.63) is 17.5 Å². The van der Waals surface area contributed by atoms with Gasteiger partial charge in [-0.15, -0.1) is 0 Å². The maximum atomic E-state index is 12.6. The zero-order valence-electron chi connectivity index (χ0n) is 14.7. The molecule has 2 aliphatic heterocycles. The van der Waals surface area contributed by atoms with Crippen LogP contribution in [0.15, 0.2) is 6.20 Å². The van der Waals surface area contributed by atoms with E-state index in [1.165, 1.54) is 0 Å². The van der Waals surface area contributed by atoms with Gasteiger partial charge in [-0.3, -0.25) is 14.4 Å². The first-order valence-electron chi connectivity index (χ1n) is 8.51. The number of fused-ring (bicyclic) bond motifs is 4. The minimum Gasteiger partial charge on any atom is -0.465 e. The van der Waals surface area contributed by atoms with Crippen LogP contribution in [0.1, 0.15) is 57.8 Å². The van der Waals surface area contributed by atoms with E-state index in [9.17, 15) is 9.59 Å². The van der Waals surface area contributed by atoms with Gasteiger partial charge in [0.05, 0.1) is 18.8 Å². The summed E-state index contributed by atoms with van der Waals surface area (Å²) < 4.78 is 12.3. The Morgan fingerprint density at radius 1 is 1.33 bits per heavy atom. The minimum absolute atomic E-state index is 0.00968. The Hall–Kier alpha value is -2.05. The molecule has 0 saturated carbocycles. The van der Waals surface area contributed by atoms with Crippen LogP contribution in [0.25, 0.3) is 0 Å². The summed E-state index contributed by atoms with van der Waals surface area (Å²) in [5, 5.41) is 4.34. The number of amides is 1. The fraction of sp³-hybridized carbons (Fsp3) is 0.706. The van der Waals surface area contributed by atoms with Crippen molar-refractivity contribution < 1.29 is 19.1 Å². The van der Waals surface area contributed by atoms with E-state index in [0.29, 0.717) is 13.0 Å². The Labute approximate surface area is 141 Å². The van der Waals surface area contributed by atoms with Crippen molar-refractivity contribution >= 4 is 12.1 Å². The van der Waals surface area contributed by atoms with Crippen LogP contribution >= 0.6 is 0 Å². The highest BCUT2D eigenvalue weighted by Gasteiger charge is 2.45. The molecule has 0 radical (unpaired) electrons. The second kappa shape index (κ2) is 6.11. The first kappa shape index (κ1) is 16.8. The van der Waals surface area contributed by atoms with Gasteiger partial charge in [-0.05, 0) is 40.5 Å². The standard InChI is InChI=1S/C17H25N3O4/c1-5-23-15(21)10-19-14-8-11-6-7-13(12(14)9-18-19)20(11)16(22)24-17(2,3)4/h9,11,13H,5-8,10H2,1-4H3. The molecule has 24 heavy (non-hydrogen) atoms. The SMILES string of the molecule is CCOC(=O)Cn1ncc2c1CC1CCC2N1C(=O)OC(C)(C)C. The zero-order valence-corrected chi connectivity index (χ0v) is 14.7. The molecule has 2 aliphatic rings. The average molecular weight is 335 g/mol. The number of esters is 1. The number of ether oxygens (including phenoxy) is 2. The molecule has 1 aromatic rings. The van der Waals surface area contributed by atoms with Crippen LogP contribution < -0.4 is 0 Å². The number of aromatic nitrogens is 2. The molecule has 0 aromatic carbocycles. The molecular weight excluding hydrogens is 310 g/mol. The van der Waals surface area contributed by atoms with Crippen molar-refractivity contribution in [2.75, 3.05) is 6.61 Å². The molecule has 2 atom stereocenters. The fourth-order valence-electron chi connectivity index (χ4n) is 3.59. The van der Waals surface area contributed by atoms with Gasteiger partial charge < -0.3 is 9.47 Å². The van der Waals surface area contributed by atoms with Crippen molar-refractivity contribution in [3.63, 3.8) is 0 Å². The van der Waals surface area contributed by atoms with Gasteiger partial charge in [0.25, 0.3) is 0 Å². The summed E-state index contributed by atoms with van der Waals surface area (Å²) >= 11 is 0. The molecule has 7 heteroatoms. The minimum atomic E-state index is -0.509. The summed E-state index contributed by atoms with van der Waals surface area (Å²) in [5.74, 6) is -0.287. The largest absolute Gasteiger partial charge is 0.465 e. The van der Waals surface area contributed by atoms with Crippen LogP contribution in [0, 0.1) is 0 Å². The normalized spacial score (nSPS) is 22.2. The fourth-order valence-corrected chi connectivity index (χ4v) is 3.59. The van der Waals surface area contributed by atoms with Crippen LogP contribution in [0.2, 0.25) is 0 Å². The molecule has 1 saturated heterocycles. The monoisotopic (exact) mass is 335 g/mol. The topological polar surface area (TPSA) is 73.7 Å². The summed E-state index contributed by atoms with van der Waals surface area (Å²) in [6.07, 6.45) is 4.06. The van der Waals surface area contributed by atoms with Crippen molar-refractivity contribution in [3.8, 4) is 0 Å². The van der Waals surface area contributed by atoms with Gasteiger partial charge in [0, 0.05) is 23.7 Å². The van der Waals surface area contributed by atoms with E-state index in [1.54, 1.807) is 17.8 Å². The van der Waals surface area contributed by atoms with Gasteiger partial charge in [-0.25, -0.2) is 4.79 Å². The predicted molar refractivity (Wildman–Crippen MR) is 86.4 cm³/mol. The lowest BCUT2D eigenvalue weighted by Gasteiger charge is -2.36. The molecule has 0 spiro atoms. The Balaban J connectivity index is 1.80. The lowest BCUT2D eigenvalue weighted by molar-refractivity contribution is -0.144. The Bertz CT molecular complexity index is 647. The number of hydrogen-bond acceptors (Lipinski definition) is 5. The van der Waals surface area contributed by atoms with Crippen LogP contribution in [0.4, 0.5) is 4.79 Å². The number of hydrogen-bond donors (Lipinski definition) is 0. The predicted octanol–water partition coefficient (Wildman–Crippen LogP) is 2.44. The molecule has 0 aliphatic carbocycles. The van der Waals surface area contributed by atoms with E-state index in [4.69, 9.17) is 9.47 Å².